The zero-order chi connectivity index (χ0) is 18.4. The molecule has 128 valence electrons. The number of nitriles is 1. The highest BCUT2D eigenvalue weighted by Crippen LogP contribution is 2.13. The van der Waals surface area contributed by atoms with Crippen LogP contribution in [0.3, 0.4) is 0 Å². The Hall–Kier alpha value is -3.79. The monoisotopic (exact) mass is 344 g/mol. The van der Waals surface area contributed by atoms with E-state index in [1.165, 1.54) is 0 Å². The number of benzene rings is 1. The SMILES string of the molecule is Cc1cc(C(=O)Nc2cccc(C#N)c2)nc(NCc2ccncc2)n1. The van der Waals surface area contributed by atoms with E-state index in [1.54, 1.807) is 49.6 Å². The molecule has 0 aliphatic rings. The van der Waals surface area contributed by atoms with Gasteiger partial charge in [0.2, 0.25) is 5.95 Å². The van der Waals surface area contributed by atoms with Gasteiger partial charge in [-0.05, 0) is 48.9 Å². The van der Waals surface area contributed by atoms with Gasteiger partial charge in [-0.15, -0.1) is 0 Å². The second kappa shape index (κ2) is 7.85. The van der Waals surface area contributed by atoms with Crippen molar-refractivity contribution in [3.05, 3.63) is 77.4 Å². The van der Waals surface area contributed by atoms with Crippen LogP contribution >= 0.6 is 0 Å². The molecule has 0 aliphatic heterocycles. The summed E-state index contributed by atoms with van der Waals surface area (Å²) in [5.74, 6) is 0.00953. The fraction of sp³-hybridized carbons (Fsp3) is 0.105. The van der Waals surface area contributed by atoms with Gasteiger partial charge in [0, 0.05) is 30.3 Å². The molecule has 2 aromatic heterocycles. The number of aromatic nitrogens is 3. The van der Waals surface area contributed by atoms with Gasteiger partial charge in [-0.2, -0.15) is 5.26 Å². The summed E-state index contributed by atoms with van der Waals surface area (Å²) >= 11 is 0. The van der Waals surface area contributed by atoms with E-state index in [1.807, 2.05) is 18.2 Å². The van der Waals surface area contributed by atoms with E-state index in [0.29, 0.717) is 29.4 Å². The van der Waals surface area contributed by atoms with Crippen molar-refractivity contribution in [2.24, 2.45) is 0 Å². The maximum Gasteiger partial charge on any atom is 0.274 e. The highest BCUT2D eigenvalue weighted by molar-refractivity contribution is 6.03. The lowest BCUT2D eigenvalue weighted by atomic mass is 10.2. The average Bonchev–Trinajstić information content (AvgIpc) is 2.67. The third-order valence-corrected chi connectivity index (χ3v) is 3.54. The maximum absolute atomic E-state index is 12.5. The molecule has 0 fully saturated rings. The zero-order valence-corrected chi connectivity index (χ0v) is 14.1. The van der Waals surface area contributed by atoms with Gasteiger partial charge in [0.1, 0.15) is 5.69 Å². The number of carbonyl (C=O) groups is 1. The molecule has 1 amide bonds. The first-order valence-corrected chi connectivity index (χ1v) is 7.94. The van der Waals surface area contributed by atoms with Gasteiger partial charge in [-0.25, -0.2) is 9.97 Å². The van der Waals surface area contributed by atoms with Crippen LogP contribution < -0.4 is 10.6 Å². The summed E-state index contributed by atoms with van der Waals surface area (Å²) in [7, 11) is 0. The summed E-state index contributed by atoms with van der Waals surface area (Å²) < 4.78 is 0. The lowest BCUT2D eigenvalue weighted by Gasteiger charge is -2.09. The number of hydrogen-bond acceptors (Lipinski definition) is 6. The second-order valence-corrected chi connectivity index (χ2v) is 5.57. The van der Waals surface area contributed by atoms with Crippen molar-refractivity contribution in [3.63, 3.8) is 0 Å². The second-order valence-electron chi connectivity index (χ2n) is 5.57. The van der Waals surface area contributed by atoms with E-state index in [9.17, 15) is 4.79 Å². The molecule has 0 unspecified atom stereocenters. The molecule has 1 aromatic carbocycles. The van der Waals surface area contributed by atoms with Gasteiger partial charge in [0.15, 0.2) is 0 Å². The Labute approximate surface area is 150 Å². The van der Waals surface area contributed by atoms with Crippen LogP contribution in [0.4, 0.5) is 11.6 Å². The van der Waals surface area contributed by atoms with Gasteiger partial charge in [0.25, 0.3) is 5.91 Å². The van der Waals surface area contributed by atoms with Gasteiger partial charge < -0.3 is 10.6 Å². The molecule has 0 radical (unpaired) electrons. The normalized spacial score (nSPS) is 10.0. The summed E-state index contributed by atoms with van der Waals surface area (Å²) in [6.45, 7) is 2.32. The fourth-order valence-electron chi connectivity index (χ4n) is 2.31. The summed E-state index contributed by atoms with van der Waals surface area (Å²) in [5, 5.41) is 14.8. The molecule has 0 saturated carbocycles. The lowest BCUT2D eigenvalue weighted by Crippen LogP contribution is -2.16. The summed E-state index contributed by atoms with van der Waals surface area (Å²) in [5.41, 5.74) is 2.97. The van der Waals surface area contributed by atoms with Crippen LogP contribution in [0.1, 0.15) is 27.3 Å². The highest BCUT2D eigenvalue weighted by atomic mass is 16.1. The van der Waals surface area contributed by atoms with Gasteiger partial charge in [-0.3, -0.25) is 9.78 Å². The Morgan fingerprint density at radius 3 is 2.73 bits per heavy atom. The fourth-order valence-corrected chi connectivity index (χ4v) is 2.31. The third kappa shape index (κ3) is 4.39. The van der Waals surface area contributed by atoms with Crippen molar-refractivity contribution in [2.45, 2.75) is 13.5 Å². The molecule has 0 saturated heterocycles. The smallest absolute Gasteiger partial charge is 0.274 e. The highest BCUT2D eigenvalue weighted by Gasteiger charge is 2.11. The van der Waals surface area contributed by atoms with Gasteiger partial charge in [-0.1, -0.05) is 6.07 Å². The van der Waals surface area contributed by atoms with E-state index in [4.69, 9.17) is 5.26 Å². The Morgan fingerprint density at radius 1 is 1.15 bits per heavy atom. The topological polar surface area (TPSA) is 104 Å². The van der Waals surface area contributed by atoms with Gasteiger partial charge in [0.05, 0.1) is 11.6 Å². The first-order chi connectivity index (χ1) is 12.6. The van der Waals surface area contributed by atoms with Crippen molar-refractivity contribution < 1.29 is 4.79 Å². The van der Waals surface area contributed by atoms with E-state index in [0.717, 1.165) is 5.56 Å². The maximum atomic E-state index is 12.5. The van der Waals surface area contributed by atoms with E-state index < -0.39 is 0 Å². The molecule has 0 atom stereocenters. The standard InChI is InChI=1S/C19H16N6O/c1-13-9-17(18(26)24-16-4-2-3-15(10-16)11-20)25-19(23-13)22-12-14-5-7-21-8-6-14/h2-10H,12H2,1H3,(H,24,26)(H,22,23,25). The van der Waals surface area contributed by atoms with Crippen molar-refractivity contribution in [3.8, 4) is 6.07 Å². The molecule has 2 heterocycles. The van der Waals surface area contributed by atoms with Crippen LogP contribution in [-0.2, 0) is 6.54 Å². The average molecular weight is 344 g/mol. The first-order valence-electron chi connectivity index (χ1n) is 7.94. The molecule has 3 aromatic rings. The van der Waals surface area contributed by atoms with E-state index in [-0.39, 0.29) is 11.6 Å². The largest absolute Gasteiger partial charge is 0.350 e. The minimum absolute atomic E-state index is 0.247. The number of aryl methyl sites for hydroxylation is 1. The zero-order valence-electron chi connectivity index (χ0n) is 14.1. The molecule has 0 spiro atoms. The van der Waals surface area contributed by atoms with Crippen molar-refractivity contribution in [2.75, 3.05) is 10.6 Å². The molecule has 7 heteroatoms. The Kier molecular flexibility index (Phi) is 5.15. The summed E-state index contributed by atoms with van der Waals surface area (Å²) in [6, 6.07) is 14.1. The predicted octanol–water partition coefficient (Wildman–Crippen LogP) is 2.92. The molecule has 0 aliphatic carbocycles. The van der Waals surface area contributed by atoms with Crippen LogP contribution in [0.5, 0.6) is 0 Å². The summed E-state index contributed by atoms with van der Waals surface area (Å²) in [6.07, 6.45) is 3.42. The number of nitrogens with one attached hydrogen (secondary N) is 2. The quantitative estimate of drug-likeness (QED) is 0.737. The number of amides is 1. The van der Waals surface area contributed by atoms with Crippen LogP contribution in [0.2, 0.25) is 0 Å². The molecular weight excluding hydrogens is 328 g/mol. The van der Waals surface area contributed by atoms with E-state index in [2.05, 4.69) is 25.6 Å². The Morgan fingerprint density at radius 2 is 1.96 bits per heavy atom. The molecular formula is C19H16N6O. The molecule has 26 heavy (non-hydrogen) atoms. The van der Waals surface area contributed by atoms with Crippen molar-refractivity contribution >= 4 is 17.5 Å². The number of nitrogens with zero attached hydrogens (tertiary/aromatic N) is 4. The minimum atomic E-state index is -0.363. The molecule has 7 nitrogen and oxygen atoms in total. The first kappa shape index (κ1) is 17.0. The third-order valence-electron chi connectivity index (χ3n) is 3.54. The lowest BCUT2D eigenvalue weighted by molar-refractivity contribution is 0.102. The van der Waals surface area contributed by atoms with Crippen LogP contribution in [0.15, 0.2) is 54.9 Å². The van der Waals surface area contributed by atoms with Crippen LogP contribution in [0.25, 0.3) is 0 Å². The molecule has 3 rings (SSSR count). The number of pyridine rings is 1. The number of rotatable bonds is 5. The van der Waals surface area contributed by atoms with Gasteiger partial charge >= 0.3 is 0 Å². The van der Waals surface area contributed by atoms with Crippen molar-refractivity contribution in [1.82, 2.24) is 15.0 Å². The van der Waals surface area contributed by atoms with Crippen LogP contribution in [0, 0.1) is 18.3 Å². The van der Waals surface area contributed by atoms with E-state index >= 15 is 0 Å². The van der Waals surface area contributed by atoms with Crippen LogP contribution in [-0.4, -0.2) is 20.9 Å². The summed E-state index contributed by atoms with van der Waals surface area (Å²) in [4.78, 5) is 25.0. The molecule has 0 bridgehead atoms. The minimum Gasteiger partial charge on any atom is -0.350 e. The number of hydrogen-bond donors (Lipinski definition) is 2. The Bertz CT molecular complexity index is 965. The predicted molar refractivity (Wildman–Crippen MR) is 97.4 cm³/mol. The number of carbonyl (C=O) groups excluding carboxylic acids is 1. The number of anilines is 2. The Balaban J connectivity index is 1.74. The molecule has 2 N–H and O–H groups in total. The van der Waals surface area contributed by atoms with Crippen molar-refractivity contribution in [1.29, 1.82) is 5.26 Å².